The molecule has 1 aliphatic heterocycles. The summed E-state index contributed by atoms with van der Waals surface area (Å²) in [5.41, 5.74) is -0.609. The third kappa shape index (κ3) is 3.11. The van der Waals surface area contributed by atoms with E-state index in [1.54, 1.807) is 7.11 Å². The number of rotatable bonds is 3. The molecule has 94 valence electrons. The quantitative estimate of drug-likeness (QED) is 0.691. The van der Waals surface area contributed by atoms with Crippen LogP contribution in [0.2, 0.25) is 0 Å². The third-order valence-electron chi connectivity index (χ3n) is 3.60. The molecule has 1 aliphatic carbocycles. The lowest BCUT2D eigenvalue weighted by molar-refractivity contribution is 0.0430. The molecule has 0 aromatic carbocycles. The summed E-state index contributed by atoms with van der Waals surface area (Å²) in [5.74, 6) is 0.623. The van der Waals surface area contributed by atoms with E-state index in [2.05, 4.69) is 5.32 Å². The molecule has 1 saturated carbocycles. The predicted molar refractivity (Wildman–Crippen MR) is 63.9 cm³/mol. The highest BCUT2D eigenvalue weighted by atomic mass is 32.2. The first kappa shape index (κ1) is 12.6. The van der Waals surface area contributed by atoms with Crippen LogP contribution in [0.25, 0.3) is 0 Å². The monoisotopic (exact) mass is 247 g/mol. The molecule has 5 atom stereocenters. The van der Waals surface area contributed by atoms with Crippen LogP contribution < -0.4 is 5.32 Å². The maximum atomic E-state index is 9.69. The Labute approximate surface area is 101 Å². The molecule has 16 heavy (non-hydrogen) atoms. The number of aliphatic hydroxyl groups is 2. The lowest BCUT2D eigenvalue weighted by Crippen LogP contribution is -2.34. The number of thioether (sulfide) groups is 1. The summed E-state index contributed by atoms with van der Waals surface area (Å²) in [6, 6.07) is 0. The average molecular weight is 247 g/mol. The molecular weight excluding hydrogens is 226 g/mol. The average Bonchev–Trinajstić information content (AvgIpc) is 2.58. The normalized spacial score (nSPS) is 44.8. The molecule has 0 aromatic rings. The Morgan fingerprint density at radius 1 is 1.38 bits per heavy atom. The van der Waals surface area contributed by atoms with Crippen molar-refractivity contribution in [3.05, 3.63) is 0 Å². The maximum absolute atomic E-state index is 9.69. The van der Waals surface area contributed by atoms with Gasteiger partial charge in [-0.05, 0) is 25.2 Å². The van der Waals surface area contributed by atoms with Crippen LogP contribution in [0.4, 0.5) is 0 Å². The van der Waals surface area contributed by atoms with Gasteiger partial charge in [-0.2, -0.15) is 0 Å². The summed E-state index contributed by atoms with van der Waals surface area (Å²) in [5, 5.41) is 21.9. The van der Waals surface area contributed by atoms with Crippen molar-refractivity contribution in [3.8, 4) is 0 Å². The van der Waals surface area contributed by atoms with Gasteiger partial charge in [0.1, 0.15) is 6.23 Å². The molecule has 2 fully saturated rings. The summed E-state index contributed by atoms with van der Waals surface area (Å²) in [7, 11) is 1.78. The van der Waals surface area contributed by atoms with Gasteiger partial charge in [0.05, 0.1) is 6.10 Å². The van der Waals surface area contributed by atoms with Gasteiger partial charge in [0.2, 0.25) is 0 Å². The Hall–Kier alpha value is 0.190. The molecule has 3 N–H and O–H groups in total. The van der Waals surface area contributed by atoms with E-state index < -0.39 is 11.8 Å². The molecule has 1 heterocycles. The van der Waals surface area contributed by atoms with Gasteiger partial charge in [-0.1, -0.05) is 12.8 Å². The van der Waals surface area contributed by atoms with E-state index >= 15 is 0 Å². The Kier molecular flexibility index (Phi) is 4.49. The summed E-state index contributed by atoms with van der Waals surface area (Å²) in [4.78, 5) is 0. The number of hydrogen-bond acceptors (Lipinski definition) is 5. The zero-order valence-electron chi connectivity index (χ0n) is 9.63. The van der Waals surface area contributed by atoms with Crippen LogP contribution in [0.1, 0.15) is 32.1 Å². The van der Waals surface area contributed by atoms with Crippen molar-refractivity contribution in [1.82, 2.24) is 5.32 Å². The Balaban J connectivity index is 1.80. The highest BCUT2D eigenvalue weighted by Crippen LogP contribution is 2.35. The lowest BCUT2D eigenvalue weighted by Gasteiger charge is -2.30. The van der Waals surface area contributed by atoms with Gasteiger partial charge in [-0.25, -0.2) is 0 Å². The minimum absolute atomic E-state index is 0.121. The predicted octanol–water partition coefficient (Wildman–Crippen LogP) is 0.881. The largest absolute Gasteiger partial charge is 0.381 e. The van der Waals surface area contributed by atoms with Gasteiger partial charge < -0.3 is 14.9 Å². The minimum atomic E-state index is -0.609. The fourth-order valence-corrected chi connectivity index (χ4v) is 3.88. The van der Waals surface area contributed by atoms with E-state index in [0.29, 0.717) is 12.0 Å². The van der Waals surface area contributed by atoms with Crippen LogP contribution >= 0.6 is 11.8 Å². The van der Waals surface area contributed by atoms with E-state index in [0.717, 1.165) is 19.3 Å². The lowest BCUT2D eigenvalue weighted by atomic mass is 9.84. The van der Waals surface area contributed by atoms with E-state index in [4.69, 9.17) is 4.74 Å². The molecule has 0 amide bonds. The fourth-order valence-electron chi connectivity index (χ4n) is 2.72. The zero-order chi connectivity index (χ0) is 11.5. The van der Waals surface area contributed by atoms with Gasteiger partial charge in [0.15, 0.2) is 5.56 Å². The SMILES string of the molecule is COC1CCCC(CC2SC(O)NC2O)C1. The molecule has 2 rings (SSSR count). The number of methoxy groups -OCH3 is 1. The summed E-state index contributed by atoms with van der Waals surface area (Å²) >= 11 is 1.43. The van der Waals surface area contributed by atoms with Crippen LogP contribution in [0.5, 0.6) is 0 Å². The van der Waals surface area contributed by atoms with Crippen molar-refractivity contribution in [3.63, 3.8) is 0 Å². The van der Waals surface area contributed by atoms with Crippen LogP contribution in [-0.2, 0) is 4.74 Å². The number of aliphatic hydroxyl groups excluding tert-OH is 2. The number of ether oxygens (including phenoxy) is 1. The molecule has 0 spiro atoms. The number of nitrogens with one attached hydrogen (secondary N) is 1. The topological polar surface area (TPSA) is 61.7 Å². The molecule has 0 radical (unpaired) electrons. The Morgan fingerprint density at radius 3 is 2.81 bits per heavy atom. The second-order valence-electron chi connectivity index (χ2n) is 4.76. The standard InChI is InChI=1S/C11H21NO3S/c1-15-8-4-2-3-7(5-8)6-9-10(13)12-11(14)16-9/h7-14H,2-6H2,1H3. The Bertz CT molecular complexity index is 229. The smallest absolute Gasteiger partial charge is 0.155 e. The van der Waals surface area contributed by atoms with Gasteiger partial charge in [-0.15, -0.1) is 11.8 Å². The molecule has 0 aromatic heterocycles. The van der Waals surface area contributed by atoms with Crippen molar-refractivity contribution in [2.75, 3.05) is 7.11 Å². The second kappa shape index (κ2) is 5.69. The van der Waals surface area contributed by atoms with Gasteiger partial charge in [0.25, 0.3) is 0 Å². The first-order valence-corrected chi connectivity index (χ1v) is 6.93. The van der Waals surface area contributed by atoms with Crippen molar-refractivity contribution < 1.29 is 14.9 Å². The summed E-state index contributed by atoms with van der Waals surface area (Å²) in [6.07, 6.45) is 5.48. The molecule has 4 nitrogen and oxygen atoms in total. The zero-order valence-corrected chi connectivity index (χ0v) is 10.4. The van der Waals surface area contributed by atoms with Gasteiger partial charge in [0, 0.05) is 12.4 Å². The van der Waals surface area contributed by atoms with Crippen LogP contribution in [0, 0.1) is 5.92 Å². The molecular formula is C11H21NO3S. The molecule has 1 saturated heterocycles. The second-order valence-corrected chi connectivity index (χ2v) is 6.09. The molecule has 5 unspecified atom stereocenters. The van der Waals surface area contributed by atoms with Crippen LogP contribution in [0.3, 0.4) is 0 Å². The minimum Gasteiger partial charge on any atom is -0.381 e. The number of hydrogen-bond donors (Lipinski definition) is 3. The Morgan fingerprint density at radius 2 is 2.19 bits per heavy atom. The van der Waals surface area contributed by atoms with Crippen molar-refractivity contribution in [2.24, 2.45) is 5.92 Å². The van der Waals surface area contributed by atoms with Crippen molar-refractivity contribution in [2.45, 2.75) is 55.2 Å². The summed E-state index contributed by atoms with van der Waals surface area (Å²) < 4.78 is 5.40. The van der Waals surface area contributed by atoms with Crippen molar-refractivity contribution >= 4 is 11.8 Å². The molecule has 0 bridgehead atoms. The highest BCUT2D eigenvalue weighted by Gasteiger charge is 2.34. The maximum Gasteiger partial charge on any atom is 0.155 e. The highest BCUT2D eigenvalue weighted by molar-refractivity contribution is 8.00. The van der Waals surface area contributed by atoms with Gasteiger partial charge in [-0.3, -0.25) is 5.32 Å². The first-order valence-electron chi connectivity index (χ1n) is 5.99. The van der Waals surface area contributed by atoms with Crippen LogP contribution in [-0.4, -0.2) is 40.5 Å². The van der Waals surface area contributed by atoms with Crippen LogP contribution in [0.15, 0.2) is 0 Å². The third-order valence-corrected chi connectivity index (χ3v) is 4.80. The fraction of sp³-hybridized carbons (Fsp3) is 1.00. The summed E-state index contributed by atoms with van der Waals surface area (Å²) in [6.45, 7) is 0. The first-order chi connectivity index (χ1) is 7.69. The van der Waals surface area contributed by atoms with Crippen molar-refractivity contribution in [1.29, 1.82) is 0 Å². The van der Waals surface area contributed by atoms with E-state index in [1.807, 2.05) is 0 Å². The molecule has 5 heteroatoms. The van der Waals surface area contributed by atoms with Gasteiger partial charge >= 0.3 is 0 Å². The van der Waals surface area contributed by atoms with E-state index in [-0.39, 0.29) is 5.25 Å². The van der Waals surface area contributed by atoms with E-state index in [1.165, 1.54) is 24.6 Å². The molecule has 2 aliphatic rings. The van der Waals surface area contributed by atoms with E-state index in [9.17, 15) is 10.2 Å².